The summed E-state index contributed by atoms with van der Waals surface area (Å²) in [5.41, 5.74) is 3.05. The zero-order chi connectivity index (χ0) is 22.0. The van der Waals surface area contributed by atoms with Crippen molar-refractivity contribution >= 4 is 34.1 Å². The average Bonchev–Trinajstić information content (AvgIpc) is 3.22. The van der Waals surface area contributed by atoms with Crippen molar-refractivity contribution in [1.29, 1.82) is 0 Å². The molecule has 0 bridgehead atoms. The number of rotatable bonds is 6. The van der Waals surface area contributed by atoms with Gasteiger partial charge < -0.3 is 19.8 Å². The topological polar surface area (TPSA) is 66.6 Å². The maximum atomic E-state index is 12.9. The molecule has 1 aromatic heterocycles. The first-order valence-corrected chi connectivity index (χ1v) is 10.9. The van der Waals surface area contributed by atoms with Crippen LogP contribution in [0.4, 0.5) is 5.69 Å². The monoisotopic (exact) mass is 441 g/mol. The fourth-order valence-electron chi connectivity index (χ4n) is 4.36. The molecule has 4 rings (SSSR count). The van der Waals surface area contributed by atoms with Crippen LogP contribution in [0.3, 0.4) is 0 Å². The van der Waals surface area contributed by atoms with Gasteiger partial charge in [0.05, 0.1) is 25.9 Å². The van der Waals surface area contributed by atoms with Gasteiger partial charge in [-0.2, -0.15) is 0 Å². The Morgan fingerprint density at radius 1 is 1.16 bits per heavy atom. The first-order valence-electron chi connectivity index (χ1n) is 10.5. The van der Waals surface area contributed by atoms with Crippen LogP contribution in [0.2, 0.25) is 5.02 Å². The molecule has 2 aromatic carbocycles. The molecule has 0 saturated carbocycles. The van der Waals surface area contributed by atoms with E-state index in [0.29, 0.717) is 22.4 Å². The van der Waals surface area contributed by atoms with Gasteiger partial charge in [-0.15, -0.1) is 0 Å². The van der Waals surface area contributed by atoms with Crippen LogP contribution in [0.15, 0.2) is 42.6 Å². The zero-order valence-corrected chi connectivity index (χ0v) is 18.8. The summed E-state index contributed by atoms with van der Waals surface area (Å²) in [4.78, 5) is 18.5. The Bertz CT molecular complexity index is 1070. The summed E-state index contributed by atoms with van der Waals surface area (Å²) in [6, 6.07) is 11.1. The number of halogens is 1. The first kappa shape index (κ1) is 21.5. The number of aromatic amines is 1. The summed E-state index contributed by atoms with van der Waals surface area (Å²) < 4.78 is 10.7. The Labute approximate surface area is 187 Å². The van der Waals surface area contributed by atoms with Gasteiger partial charge in [-0.05, 0) is 80.7 Å². The number of amides is 1. The fourth-order valence-corrected chi connectivity index (χ4v) is 4.54. The normalized spacial score (nSPS) is 16.3. The van der Waals surface area contributed by atoms with E-state index in [2.05, 4.69) is 33.5 Å². The van der Waals surface area contributed by atoms with Gasteiger partial charge in [-0.1, -0.05) is 11.6 Å². The van der Waals surface area contributed by atoms with Crippen LogP contribution in [0, 0.1) is 0 Å². The second kappa shape index (κ2) is 9.20. The average molecular weight is 442 g/mol. The van der Waals surface area contributed by atoms with E-state index in [4.69, 9.17) is 21.1 Å². The zero-order valence-electron chi connectivity index (χ0n) is 18.1. The second-order valence-corrected chi connectivity index (χ2v) is 8.41. The molecule has 31 heavy (non-hydrogen) atoms. The van der Waals surface area contributed by atoms with Crippen LogP contribution in [0.1, 0.15) is 31.2 Å². The van der Waals surface area contributed by atoms with Gasteiger partial charge in [0.15, 0.2) is 0 Å². The molecule has 2 heterocycles. The molecule has 1 fully saturated rings. The standard InChI is InChI=1S/C24H28ClN3O3/c1-15(24(29)27-22-12-17(25)4-7-23(22)31-3)28-10-8-16(9-11-28)20-14-26-21-6-5-18(30-2)13-19(20)21/h4-7,12-16,26H,8-11H2,1-3H3,(H,27,29). The van der Waals surface area contributed by atoms with Crippen molar-refractivity contribution in [2.45, 2.75) is 31.7 Å². The maximum absolute atomic E-state index is 12.9. The largest absolute Gasteiger partial charge is 0.497 e. The second-order valence-electron chi connectivity index (χ2n) is 7.98. The molecule has 0 spiro atoms. The molecular formula is C24H28ClN3O3. The molecule has 3 aromatic rings. The third-order valence-corrected chi connectivity index (χ3v) is 6.47. The Morgan fingerprint density at radius 2 is 1.94 bits per heavy atom. The smallest absolute Gasteiger partial charge is 0.241 e. The molecule has 6 nitrogen and oxygen atoms in total. The number of anilines is 1. The van der Waals surface area contributed by atoms with E-state index in [-0.39, 0.29) is 11.9 Å². The molecule has 0 aliphatic carbocycles. The van der Waals surface area contributed by atoms with Crippen LogP contribution < -0.4 is 14.8 Å². The molecule has 1 atom stereocenters. The number of benzene rings is 2. The fraction of sp³-hybridized carbons (Fsp3) is 0.375. The Morgan fingerprint density at radius 3 is 2.65 bits per heavy atom. The van der Waals surface area contributed by atoms with Gasteiger partial charge in [0.25, 0.3) is 0 Å². The van der Waals surface area contributed by atoms with Crippen molar-refractivity contribution in [3.05, 3.63) is 53.2 Å². The highest BCUT2D eigenvalue weighted by Crippen LogP contribution is 2.35. The van der Waals surface area contributed by atoms with Crippen molar-refractivity contribution in [2.24, 2.45) is 0 Å². The summed E-state index contributed by atoms with van der Waals surface area (Å²) in [5, 5.41) is 4.74. The summed E-state index contributed by atoms with van der Waals surface area (Å²) in [5.74, 6) is 1.86. The van der Waals surface area contributed by atoms with Gasteiger partial charge in [-0.25, -0.2) is 0 Å². The SMILES string of the molecule is COc1ccc2[nH]cc(C3CCN(C(C)C(=O)Nc4cc(Cl)ccc4OC)CC3)c2c1. The van der Waals surface area contributed by atoms with Gasteiger partial charge in [0.2, 0.25) is 5.91 Å². The lowest BCUT2D eigenvalue weighted by atomic mass is 9.88. The van der Waals surface area contributed by atoms with Crippen molar-refractivity contribution in [2.75, 3.05) is 32.6 Å². The molecule has 1 unspecified atom stereocenters. The number of methoxy groups -OCH3 is 2. The van der Waals surface area contributed by atoms with Crippen molar-refractivity contribution < 1.29 is 14.3 Å². The molecule has 164 valence electrons. The molecule has 0 radical (unpaired) electrons. The number of piperidine rings is 1. The number of carbonyl (C=O) groups is 1. The highest BCUT2D eigenvalue weighted by molar-refractivity contribution is 6.31. The maximum Gasteiger partial charge on any atom is 0.241 e. The first-order chi connectivity index (χ1) is 15.0. The highest BCUT2D eigenvalue weighted by Gasteiger charge is 2.28. The Balaban J connectivity index is 1.41. The third-order valence-electron chi connectivity index (χ3n) is 6.24. The summed E-state index contributed by atoms with van der Waals surface area (Å²) in [7, 11) is 3.27. The van der Waals surface area contributed by atoms with Crippen molar-refractivity contribution in [1.82, 2.24) is 9.88 Å². The van der Waals surface area contributed by atoms with E-state index in [1.165, 1.54) is 10.9 Å². The van der Waals surface area contributed by atoms with Gasteiger partial charge in [0.1, 0.15) is 11.5 Å². The predicted octanol–water partition coefficient (Wildman–Crippen LogP) is 5.05. The van der Waals surface area contributed by atoms with Crippen LogP contribution in [-0.2, 0) is 4.79 Å². The Hall–Kier alpha value is -2.70. The van der Waals surface area contributed by atoms with Gasteiger partial charge in [-0.3, -0.25) is 9.69 Å². The summed E-state index contributed by atoms with van der Waals surface area (Å²) in [6.07, 6.45) is 4.12. The lowest BCUT2D eigenvalue weighted by molar-refractivity contribution is -0.121. The number of likely N-dealkylation sites (tertiary alicyclic amines) is 1. The minimum Gasteiger partial charge on any atom is -0.497 e. The number of H-pyrrole nitrogens is 1. The molecular weight excluding hydrogens is 414 g/mol. The molecule has 7 heteroatoms. The number of nitrogens with one attached hydrogen (secondary N) is 2. The van der Waals surface area contributed by atoms with Crippen LogP contribution in [0.25, 0.3) is 10.9 Å². The number of nitrogens with zero attached hydrogens (tertiary/aromatic N) is 1. The lowest BCUT2D eigenvalue weighted by Gasteiger charge is -2.35. The van der Waals surface area contributed by atoms with Gasteiger partial charge >= 0.3 is 0 Å². The van der Waals surface area contributed by atoms with E-state index in [1.54, 1.807) is 32.4 Å². The minimum absolute atomic E-state index is 0.0594. The van der Waals surface area contributed by atoms with E-state index in [0.717, 1.165) is 37.2 Å². The van der Waals surface area contributed by atoms with Crippen LogP contribution in [-0.4, -0.2) is 49.1 Å². The molecule has 1 aliphatic heterocycles. The molecule has 1 amide bonds. The van der Waals surface area contributed by atoms with Crippen molar-refractivity contribution in [3.63, 3.8) is 0 Å². The van der Waals surface area contributed by atoms with E-state index in [9.17, 15) is 4.79 Å². The minimum atomic E-state index is -0.243. The third kappa shape index (κ3) is 4.50. The highest BCUT2D eigenvalue weighted by atomic mass is 35.5. The molecule has 1 aliphatic rings. The number of ether oxygens (including phenoxy) is 2. The number of fused-ring (bicyclic) bond motifs is 1. The number of aromatic nitrogens is 1. The predicted molar refractivity (Wildman–Crippen MR) is 124 cm³/mol. The number of hydrogen-bond donors (Lipinski definition) is 2. The van der Waals surface area contributed by atoms with Crippen LogP contribution >= 0.6 is 11.6 Å². The van der Waals surface area contributed by atoms with Crippen LogP contribution in [0.5, 0.6) is 11.5 Å². The summed E-state index contributed by atoms with van der Waals surface area (Å²) >= 11 is 6.08. The number of hydrogen-bond acceptors (Lipinski definition) is 4. The quantitative estimate of drug-likeness (QED) is 0.562. The summed E-state index contributed by atoms with van der Waals surface area (Å²) in [6.45, 7) is 3.67. The van der Waals surface area contributed by atoms with E-state index in [1.807, 2.05) is 13.0 Å². The Kier molecular flexibility index (Phi) is 6.39. The molecule has 1 saturated heterocycles. The van der Waals surface area contributed by atoms with E-state index >= 15 is 0 Å². The van der Waals surface area contributed by atoms with E-state index < -0.39 is 0 Å². The molecule has 2 N–H and O–H groups in total. The number of carbonyl (C=O) groups excluding carboxylic acids is 1. The lowest BCUT2D eigenvalue weighted by Crippen LogP contribution is -2.45. The van der Waals surface area contributed by atoms with Gasteiger partial charge in [0, 0.05) is 22.1 Å². The van der Waals surface area contributed by atoms with Crippen molar-refractivity contribution in [3.8, 4) is 11.5 Å².